The Hall–Kier alpha value is -2.63. The van der Waals surface area contributed by atoms with Gasteiger partial charge in [-0.05, 0) is 30.3 Å². The number of alkyl halides is 1. The zero-order valence-corrected chi connectivity index (χ0v) is 20.1. The SMILES string of the molecule is CS(=O)(=O)c1cccc(C(=O)N2C[C@@H](F)CC2C(=O)N[C@@H](c2cc(F)c(Cl)cc2F)C2COC2)c1. The summed E-state index contributed by atoms with van der Waals surface area (Å²) in [6.45, 7) is -0.000902. The van der Waals surface area contributed by atoms with Crippen LogP contribution in [0.15, 0.2) is 41.3 Å². The largest absolute Gasteiger partial charge is 0.381 e. The van der Waals surface area contributed by atoms with E-state index in [1.807, 2.05) is 0 Å². The molecule has 35 heavy (non-hydrogen) atoms. The summed E-state index contributed by atoms with van der Waals surface area (Å²) in [5.74, 6) is -3.52. The van der Waals surface area contributed by atoms with Crippen molar-refractivity contribution in [3.05, 3.63) is 64.2 Å². The molecular weight excluding hydrogens is 509 g/mol. The number of hydrogen-bond donors (Lipinski definition) is 1. The molecule has 0 saturated carbocycles. The first-order valence-corrected chi connectivity index (χ1v) is 13.0. The lowest BCUT2D eigenvalue weighted by atomic mass is 9.90. The Morgan fingerprint density at radius 1 is 1.17 bits per heavy atom. The second-order valence-corrected chi connectivity index (χ2v) is 11.1. The second kappa shape index (κ2) is 9.79. The number of hydrogen-bond acceptors (Lipinski definition) is 5. The van der Waals surface area contributed by atoms with Crippen molar-refractivity contribution in [2.75, 3.05) is 26.0 Å². The van der Waals surface area contributed by atoms with Gasteiger partial charge in [-0.2, -0.15) is 0 Å². The van der Waals surface area contributed by atoms with Crippen LogP contribution < -0.4 is 5.32 Å². The first-order valence-electron chi connectivity index (χ1n) is 10.7. The zero-order chi connectivity index (χ0) is 25.5. The number of amides is 2. The minimum absolute atomic E-state index is 0.0189. The summed E-state index contributed by atoms with van der Waals surface area (Å²) in [4.78, 5) is 27.3. The van der Waals surface area contributed by atoms with Gasteiger partial charge in [-0.25, -0.2) is 21.6 Å². The third-order valence-electron chi connectivity index (χ3n) is 6.13. The second-order valence-electron chi connectivity index (χ2n) is 8.68. The van der Waals surface area contributed by atoms with Gasteiger partial charge in [0.2, 0.25) is 5.91 Å². The van der Waals surface area contributed by atoms with E-state index in [1.54, 1.807) is 0 Å². The Kier molecular flexibility index (Phi) is 7.12. The number of ether oxygens (including phenoxy) is 1. The molecule has 2 aromatic carbocycles. The fourth-order valence-corrected chi connectivity index (χ4v) is 5.02. The van der Waals surface area contributed by atoms with Gasteiger partial charge >= 0.3 is 0 Å². The molecule has 2 heterocycles. The van der Waals surface area contributed by atoms with Crippen molar-refractivity contribution in [2.24, 2.45) is 5.92 Å². The van der Waals surface area contributed by atoms with Gasteiger partial charge in [-0.1, -0.05) is 17.7 Å². The predicted octanol–water partition coefficient (Wildman–Crippen LogP) is 3.08. The Morgan fingerprint density at radius 2 is 1.89 bits per heavy atom. The number of nitrogens with zero attached hydrogens (tertiary/aromatic N) is 1. The molecule has 0 aromatic heterocycles. The van der Waals surface area contributed by atoms with E-state index in [0.717, 1.165) is 23.3 Å². The van der Waals surface area contributed by atoms with E-state index in [1.165, 1.54) is 24.3 Å². The number of likely N-dealkylation sites (tertiary alicyclic amines) is 1. The van der Waals surface area contributed by atoms with Crippen LogP contribution in [0, 0.1) is 17.6 Å². The summed E-state index contributed by atoms with van der Waals surface area (Å²) in [7, 11) is -3.60. The summed E-state index contributed by atoms with van der Waals surface area (Å²) < 4.78 is 71.9. The molecule has 0 bridgehead atoms. The number of nitrogens with one attached hydrogen (secondary N) is 1. The van der Waals surface area contributed by atoms with Crippen molar-refractivity contribution < 1.29 is 35.9 Å². The van der Waals surface area contributed by atoms with E-state index in [2.05, 4.69) is 5.32 Å². The van der Waals surface area contributed by atoms with Gasteiger partial charge in [-0.15, -0.1) is 0 Å². The Bertz CT molecular complexity index is 1270. The molecule has 0 radical (unpaired) electrons. The predicted molar refractivity (Wildman–Crippen MR) is 120 cm³/mol. The molecule has 1 unspecified atom stereocenters. The number of sulfone groups is 1. The fourth-order valence-electron chi connectivity index (χ4n) is 4.20. The van der Waals surface area contributed by atoms with Crippen LogP contribution in [0.25, 0.3) is 0 Å². The van der Waals surface area contributed by atoms with Crippen molar-refractivity contribution in [1.82, 2.24) is 10.2 Å². The summed E-state index contributed by atoms with van der Waals surface area (Å²) in [6, 6.07) is 4.72. The van der Waals surface area contributed by atoms with Crippen LogP contribution in [0.5, 0.6) is 0 Å². The van der Waals surface area contributed by atoms with Gasteiger partial charge < -0.3 is 15.0 Å². The lowest BCUT2D eigenvalue weighted by molar-refractivity contribution is -0.128. The molecule has 2 aromatic rings. The molecular formula is C23H22ClF3N2O5S. The van der Waals surface area contributed by atoms with E-state index in [9.17, 15) is 31.2 Å². The molecule has 0 aliphatic carbocycles. The maximum atomic E-state index is 14.6. The number of halogens is 4. The smallest absolute Gasteiger partial charge is 0.254 e. The van der Waals surface area contributed by atoms with Crippen LogP contribution in [-0.2, 0) is 19.4 Å². The van der Waals surface area contributed by atoms with E-state index in [-0.39, 0.29) is 48.1 Å². The number of carbonyl (C=O) groups excluding carboxylic acids is 2. The Morgan fingerprint density at radius 3 is 2.51 bits per heavy atom. The quantitative estimate of drug-likeness (QED) is 0.580. The van der Waals surface area contributed by atoms with E-state index in [0.29, 0.717) is 0 Å². The summed E-state index contributed by atoms with van der Waals surface area (Å²) in [6.07, 6.45) is -0.805. The first kappa shape index (κ1) is 25.5. The van der Waals surface area contributed by atoms with E-state index < -0.39 is 56.6 Å². The van der Waals surface area contributed by atoms with Crippen molar-refractivity contribution in [2.45, 2.75) is 29.6 Å². The molecule has 2 aliphatic heterocycles. The topological polar surface area (TPSA) is 92.8 Å². The number of benzene rings is 2. The Labute approximate surface area is 205 Å². The molecule has 1 N–H and O–H groups in total. The molecule has 2 saturated heterocycles. The van der Waals surface area contributed by atoms with E-state index >= 15 is 0 Å². The fraction of sp³-hybridized carbons (Fsp3) is 0.391. The van der Waals surface area contributed by atoms with Crippen molar-refractivity contribution in [1.29, 1.82) is 0 Å². The summed E-state index contributed by atoms with van der Waals surface area (Å²) in [5, 5.41) is 2.22. The molecule has 12 heteroatoms. The van der Waals surface area contributed by atoms with E-state index in [4.69, 9.17) is 16.3 Å². The van der Waals surface area contributed by atoms with Gasteiger partial charge in [-0.3, -0.25) is 9.59 Å². The highest BCUT2D eigenvalue weighted by atomic mass is 35.5. The van der Waals surface area contributed by atoms with Gasteiger partial charge in [0.25, 0.3) is 5.91 Å². The van der Waals surface area contributed by atoms with Gasteiger partial charge in [0, 0.05) is 29.7 Å². The molecule has 4 rings (SSSR count). The molecule has 2 fully saturated rings. The van der Waals surface area contributed by atoms with Crippen LogP contribution in [0.2, 0.25) is 5.02 Å². The third-order valence-corrected chi connectivity index (χ3v) is 7.53. The highest BCUT2D eigenvalue weighted by molar-refractivity contribution is 7.90. The van der Waals surface area contributed by atoms with Crippen LogP contribution in [0.1, 0.15) is 28.4 Å². The zero-order valence-electron chi connectivity index (χ0n) is 18.5. The molecule has 7 nitrogen and oxygen atoms in total. The minimum atomic E-state index is -3.60. The lowest BCUT2D eigenvalue weighted by Gasteiger charge is -2.36. The number of carbonyl (C=O) groups is 2. The van der Waals surface area contributed by atoms with Crippen molar-refractivity contribution in [3.63, 3.8) is 0 Å². The van der Waals surface area contributed by atoms with Crippen LogP contribution in [-0.4, -0.2) is 63.4 Å². The van der Waals surface area contributed by atoms with Crippen LogP contribution in [0.4, 0.5) is 13.2 Å². The normalized spacial score (nSPS) is 21.5. The first-order chi connectivity index (χ1) is 16.5. The van der Waals surface area contributed by atoms with Gasteiger partial charge in [0.1, 0.15) is 23.8 Å². The minimum Gasteiger partial charge on any atom is -0.381 e. The highest BCUT2D eigenvalue weighted by Crippen LogP contribution is 2.33. The molecule has 2 amide bonds. The average molecular weight is 531 g/mol. The lowest BCUT2D eigenvalue weighted by Crippen LogP contribution is -2.50. The highest BCUT2D eigenvalue weighted by Gasteiger charge is 2.42. The number of rotatable bonds is 6. The maximum Gasteiger partial charge on any atom is 0.254 e. The third kappa shape index (κ3) is 5.31. The van der Waals surface area contributed by atoms with Crippen molar-refractivity contribution >= 4 is 33.3 Å². The molecule has 2 aliphatic rings. The van der Waals surface area contributed by atoms with Crippen LogP contribution >= 0.6 is 11.6 Å². The molecule has 0 spiro atoms. The molecule has 188 valence electrons. The average Bonchev–Trinajstić information content (AvgIpc) is 3.15. The van der Waals surface area contributed by atoms with Gasteiger partial charge in [0.05, 0.1) is 35.7 Å². The summed E-state index contributed by atoms with van der Waals surface area (Å²) in [5.41, 5.74) is -0.156. The molecule has 3 atom stereocenters. The van der Waals surface area contributed by atoms with Gasteiger partial charge in [0.15, 0.2) is 9.84 Å². The standard InChI is InChI=1S/C23H22ClF3N2O5S/c1-35(32,33)15-4-2-3-12(5-15)23(31)29-9-14(25)6-20(29)22(30)28-21(13-10-34-11-13)16-7-19(27)17(24)8-18(16)26/h2-5,7-8,13-14,20-21H,6,9-11H2,1H3,(H,28,30)/t14-,20?,21+/m0/s1. The Balaban J connectivity index is 1.60. The van der Waals surface area contributed by atoms with Crippen LogP contribution in [0.3, 0.4) is 0 Å². The summed E-state index contributed by atoms with van der Waals surface area (Å²) >= 11 is 5.64. The van der Waals surface area contributed by atoms with Crippen molar-refractivity contribution in [3.8, 4) is 0 Å². The maximum absolute atomic E-state index is 14.6. The monoisotopic (exact) mass is 530 g/mol.